The number of pyridine rings is 1. The summed E-state index contributed by atoms with van der Waals surface area (Å²) in [4.78, 5) is 30.0. The van der Waals surface area contributed by atoms with Crippen molar-refractivity contribution in [2.75, 3.05) is 5.75 Å². The molecule has 7 heteroatoms. The van der Waals surface area contributed by atoms with E-state index in [1.54, 1.807) is 42.0 Å². The Morgan fingerprint density at radius 3 is 2.90 bits per heavy atom. The van der Waals surface area contributed by atoms with Crippen molar-refractivity contribution < 1.29 is 14.7 Å². The molecule has 1 N–H and O–H groups in total. The second kappa shape index (κ2) is 5.73. The number of rotatable bonds is 4. The summed E-state index contributed by atoms with van der Waals surface area (Å²) >= 11 is 3.25. The molecule has 1 amide bonds. The van der Waals surface area contributed by atoms with Crippen LogP contribution in [0.1, 0.15) is 6.92 Å². The molecule has 21 heavy (non-hydrogen) atoms. The minimum absolute atomic E-state index is 0.0575. The summed E-state index contributed by atoms with van der Waals surface area (Å²) in [6, 6.07) is 3.83. The summed E-state index contributed by atoms with van der Waals surface area (Å²) in [5.74, 6) is -0.619. The number of thioether (sulfide) groups is 2. The number of carboxylic acids is 1. The SMILES string of the molecule is CC(Sc1ccncc1)C1C(=O)N2C(C(=O)O)=CCS[C@@H]12. The molecule has 0 saturated carbocycles. The van der Waals surface area contributed by atoms with E-state index < -0.39 is 5.97 Å². The van der Waals surface area contributed by atoms with E-state index in [1.807, 2.05) is 19.1 Å². The summed E-state index contributed by atoms with van der Waals surface area (Å²) in [6.45, 7) is 2.02. The normalized spacial score (nSPS) is 25.7. The molecule has 5 nitrogen and oxygen atoms in total. The fourth-order valence-corrected chi connectivity index (χ4v) is 5.17. The molecule has 2 aliphatic heterocycles. The molecular weight excluding hydrogens is 308 g/mol. The molecule has 3 heterocycles. The summed E-state index contributed by atoms with van der Waals surface area (Å²) in [5, 5.41) is 9.20. The van der Waals surface area contributed by atoms with Crippen molar-refractivity contribution in [3.63, 3.8) is 0 Å². The second-order valence-electron chi connectivity index (χ2n) is 4.86. The van der Waals surface area contributed by atoms with Crippen LogP contribution in [0, 0.1) is 5.92 Å². The van der Waals surface area contributed by atoms with Gasteiger partial charge in [0.25, 0.3) is 0 Å². The molecule has 3 atom stereocenters. The van der Waals surface area contributed by atoms with Crippen LogP contribution < -0.4 is 0 Å². The van der Waals surface area contributed by atoms with Crippen molar-refractivity contribution >= 4 is 35.4 Å². The highest BCUT2D eigenvalue weighted by molar-refractivity contribution is 8.01. The predicted molar refractivity (Wildman–Crippen MR) is 81.9 cm³/mol. The van der Waals surface area contributed by atoms with Crippen molar-refractivity contribution in [2.45, 2.75) is 22.4 Å². The first kappa shape index (κ1) is 14.5. The lowest BCUT2D eigenvalue weighted by Crippen LogP contribution is -2.63. The maximum Gasteiger partial charge on any atom is 0.352 e. The van der Waals surface area contributed by atoms with Gasteiger partial charge in [0.15, 0.2) is 0 Å². The third-order valence-corrected chi connectivity index (χ3v) is 6.00. The quantitative estimate of drug-likeness (QED) is 0.676. The number of aliphatic carboxylic acids is 1. The number of carboxylic acid groups (broad SMARTS) is 1. The van der Waals surface area contributed by atoms with Crippen molar-refractivity contribution in [3.8, 4) is 0 Å². The summed E-state index contributed by atoms with van der Waals surface area (Å²) in [5.41, 5.74) is 0.126. The highest BCUT2D eigenvalue weighted by Gasteiger charge is 2.54. The van der Waals surface area contributed by atoms with Crippen molar-refractivity contribution in [2.24, 2.45) is 5.92 Å². The molecule has 1 aromatic heterocycles. The van der Waals surface area contributed by atoms with E-state index in [9.17, 15) is 9.59 Å². The van der Waals surface area contributed by atoms with Gasteiger partial charge in [0.2, 0.25) is 5.91 Å². The Hall–Kier alpha value is -1.47. The lowest BCUT2D eigenvalue weighted by atomic mass is 9.93. The highest BCUT2D eigenvalue weighted by Crippen LogP contribution is 2.46. The zero-order chi connectivity index (χ0) is 15.0. The van der Waals surface area contributed by atoms with Gasteiger partial charge in [-0.2, -0.15) is 0 Å². The maximum absolute atomic E-state index is 12.3. The Morgan fingerprint density at radius 1 is 1.52 bits per heavy atom. The molecular formula is C14H14N2O3S2. The molecule has 2 unspecified atom stereocenters. The standard InChI is InChI=1S/C14H14N2O3S2/c1-8(21-9-2-5-15-6-3-9)11-12(17)16-10(14(18)19)4-7-20-13(11)16/h2-6,8,11,13H,7H2,1H3,(H,18,19)/t8?,11?,13-/m0/s1. The van der Waals surface area contributed by atoms with E-state index in [-0.39, 0.29) is 28.1 Å². The first-order valence-corrected chi connectivity index (χ1v) is 8.47. The first-order valence-electron chi connectivity index (χ1n) is 6.54. The molecule has 0 aliphatic carbocycles. The van der Waals surface area contributed by atoms with E-state index in [2.05, 4.69) is 4.98 Å². The highest BCUT2D eigenvalue weighted by atomic mass is 32.2. The van der Waals surface area contributed by atoms with E-state index in [0.717, 1.165) is 4.90 Å². The number of carbonyl (C=O) groups is 2. The van der Waals surface area contributed by atoms with Gasteiger partial charge in [-0.15, -0.1) is 23.5 Å². The van der Waals surface area contributed by atoms with Crippen LogP contribution in [0.4, 0.5) is 0 Å². The van der Waals surface area contributed by atoms with E-state index in [0.29, 0.717) is 5.75 Å². The Bertz CT molecular complexity index is 605. The van der Waals surface area contributed by atoms with Gasteiger partial charge in [0.1, 0.15) is 5.70 Å². The van der Waals surface area contributed by atoms with E-state index in [4.69, 9.17) is 5.11 Å². The Balaban J connectivity index is 1.73. The lowest BCUT2D eigenvalue weighted by Gasteiger charge is -2.50. The molecule has 1 fully saturated rings. The van der Waals surface area contributed by atoms with Gasteiger partial charge in [-0.1, -0.05) is 6.92 Å². The molecule has 3 rings (SSSR count). The number of hydrogen-bond donors (Lipinski definition) is 1. The van der Waals surface area contributed by atoms with Crippen molar-refractivity contribution in [1.82, 2.24) is 9.88 Å². The molecule has 0 radical (unpaired) electrons. The third-order valence-electron chi connectivity index (χ3n) is 3.58. The number of carbonyl (C=O) groups excluding carboxylic acids is 1. The van der Waals surface area contributed by atoms with Crippen LogP contribution in [0.15, 0.2) is 41.2 Å². The van der Waals surface area contributed by atoms with Crippen LogP contribution in [0.5, 0.6) is 0 Å². The fourth-order valence-electron chi connectivity index (χ4n) is 2.57. The summed E-state index contributed by atoms with van der Waals surface area (Å²) in [6.07, 6.45) is 5.06. The number of nitrogens with zero attached hydrogens (tertiary/aromatic N) is 2. The Labute approximate surface area is 130 Å². The number of hydrogen-bond acceptors (Lipinski definition) is 5. The van der Waals surface area contributed by atoms with Gasteiger partial charge >= 0.3 is 5.97 Å². The third kappa shape index (κ3) is 2.55. The van der Waals surface area contributed by atoms with Crippen molar-refractivity contribution in [3.05, 3.63) is 36.3 Å². The molecule has 110 valence electrons. The molecule has 1 aromatic rings. The van der Waals surface area contributed by atoms with Crippen molar-refractivity contribution in [1.29, 1.82) is 0 Å². The summed E-state index contributed by atoms with van der Waals surface area (Å²) < 4.78 is 0. The van der Waals surface area contributed by atoms with Gasteiger partial charge in [0.05, 0.1) is 11.3 Å². The number of aromatic nitrogens is 1. The maximum atomic E-state index is 12.3. The number of β-lactam (4-membered cyclic amide) rings is 1. The van der Waals surface area contributed by atoms with Gasteiger partial charge in [0, 0.05) is 28.3 Å². The van der Waals surface area contributed by atoms with E-state index >= 15 is 0 Å². The van der Waals surface area contributed by atoms with Crippen LogP contribution in [0.2, 0.25) is 0 Å². The zero-order valence-corrected chi connectivity index (χ0v) is 12.9. The minimum Gasteiger partial charge on any atom is -0.477 e. The van der Waals surface area contributed by atoms with Crippen LogP contribution in [0.25, 0.3) is 0 Å². The predicted octanol–water partition coefficient (Wildman–Crippen LogP) is 2.06. The van der Waals surface area contributed by atoms with Gasteiger partial charge in [-0.25, -0.2) is 4.79 Å². The second-order valence-corrected chi connectivity index (χ2v) is 7.46. The monoisotopic (exact) mass is 322 g/mol. The van der Waals surface area contributed by atoms with Crippen LogP contribution in [-0.2, 0) is 9.59 Å². The number of amides is 1. The zero-order valence-electron chi connectivity index (χ0n) is 11.3. The van der Waals surface area contributed by atoms with Crippen LogP contribution >= 0.6 is 23.5 Å². The van der Waals surface area contributed by atoms with Crippen LogP contribution in [0.3, 0.4) is 0 Å². The van der Waals surface area contributed by atoms with Gasteiger partial charge < -0.3 is 5.11 Å². The van der Waals surface area contributed by atoms with Gasteiger partial charge in [-0.05, 0) is 18.2 Å². The lowest BCUT2D eigenvalue weighted by molar-refractivity contribution is -0.152. The average molecular weight is 322 g/mol. The Kier molecular flexibility index (Phi) is 3.95. The largest absolute Gasteiger partial charge is 0.477 e. The average Bonchev–Trinajstić information content (AvgIpc) is 2.47. The Morgan fingerprint density at radius 2 is 2.24 bits per heavy atom. The molecule has 0 bridgehead atoms. The minimum atomic E-state index is -1.03. The van der Waals surface area contributed by atoms with Gasteiger partial charge in [-0.3, -0.25) is 14.7 Å². The van der Waals surface area contributed by atoms with Crippen LogP contribution in [-0.4, -0.2) is 43.2 Å². The smallest absolute Gasteiger partial charge is 0.352 e. The fraction of sp³-hybridized carbons (Fsp3) is 0.357. The first-order chi connectivity index (χ1) is 10.1. The molecule has 1 saturated heterocycles. The number of fused-ring (bicyclic) bond motifs is 1. The van der Waals surface area contributed by atoms with E-state index in [1.165, 1.54) is 4.90 Å². The summed E-state index contributed by atoms with van der Waals surface area (Å²) in [7, 11) is 0. The molecule has 0 spiro atoms. The topological polar surface area (TPSA) is 70.5 Å². The molecule has 0 aromatic carbocycles. The molecule has 2 aliphatic rings.